The van der Waals surface area contributed by atoms with E-state index >= 15 is 0 Å². The van der Waals surface area contributed by atoms with E-state index in [1.54, 1.807) is 0 Å². The predicted octanol–water partition coefficient (Wildman–Crippen LogP) is 4.19. The number of carbonyl (C=O) groups is 1. The van der Waals surface area contributed by atoms with E-state index in [9.17, 15) is 4.79 Å². The maximum absolute atomic E-state index is 12.1. The zero-order chi connectivity index (χ0) is 17.4. The summed E-state index contributed by atoms with van der Waals surface area (Å²) in [6.07, 6.45) is 1.28. The number of rotatable bonds is 7. The van der Waals surface area contributed by atoms with Gasteiger partial charge in [-0.2, -0.15) is 5.26 Å². The van der Waals surface area contributed by atoms with Crippen LogP contribution in [0.1, 0.15) is 30.5 Å². The summed E-state index contributed by atoms with van der Waals surface area (Å²) in [7, 11) is 0. The van der Waals surface area contributed by atoms with Gasteiger partial charge in [-0.15, -0.1) is 0 Å². The molecule has 0 saturated heterocycles. The highest BCUT2D eigenvalue weighted by molar-refractivity contribution is 9.10. The fourth-order valence-electron chi connectivity index (χ4n) is 2.41. The molecular formula is C19H20BrN3O. The Morgan fingerprint density at radius 2 is 1.83 bits per heavy atom. The molecule has 0 bridgehead atoms. The Morgan fingerprint density at radius 3 is 2.42 bits per heavy atom. The van der Waals surface area contributed by atoms with Crippen LogP contribution in [0.5, 0.6) is 0 Å². The van der Waals surface area contributed by atoms with Gasteiger partial charge in [-0.3, -0.25) is 4.79 Å². The molecule has 24 heavy (non-hydrogen) atoms. The third-order valence-electron chi connectivity index (χ3n) is 3.71. The minimum absolute atomic E-state index is 0.0846. The Hall–Kier alpha value is -2.16. The second kappa shape index (κ2) is 9.21. The third-order valence-corrected chi connectivity index (χ3v) is 4.24. The second-order valence-corrected chi connectivity index (χ2v) is 6.39. The summed E-state index contributed by atoms with van der Waals surface area (Å²) in [4.78, 5) is 12.1. The van der Waals surface area contributed by atoms with Gasteiger partial charge in [-0.1, -0.05) is 47.1 Å². The molecule has 0 aliphatic carbocycles. The Morgan fingerprint density at radius 1 is 1.17 bits per heavy atom. The van der Waals surface area contributed by atoms with Crippen LogP contribution in [0.4, 0.5) is 5.69 Å². The van der Waals surface area contributed by atoms with Gasteiger partial charge in [0.05, 0.1) is 19.0 Å². The van der Waals surface area contributed by atoms with E-state index in [2.05, 4.69) is 51.7 Å². The molecule has 4 nitrogen and oxygen atoms in total. The molecule has 0 saturated carbocycles. The summed E-state index contributed by atoms with van der Waals surface area (Å²) in [5, 5.41) is 14.8. The van der Waals surface area contributed by atoms with Crippen LogP contribution in [0.3, 0.4) is 0 Å². The Balaban J connectivity index is 1.87. The van der Waals surface area contributed by atoms with Gasteiger partial charge < -0.3 is 10.6 Å². The lowest BCUT2D eigenvalue weighted by atomic mass is 10.0. The Bertz CT molecular complexity index is 705. The molecule has 0 unspecified atom stereocenters. The highest BCUT2D eigenvalue weighted by Gasteiger charge is 2.11. The highest BCUT2D eigenvalue weighted by Crippen LogP contribution is 2.19. The summed E-state index contributed by atoms with van der Waals surface area (Å²) in [6, 6.07) is 17.7. The van der Waals surface area contributed by atoms with Crippen molar-refractivity contribution in [1.82, 2.24) is 5.32 Å². The Kier molecular flexibility index (Phi) is 6.98. The van der Waals surface area contributed by atoms with Crippen LogP contribution in [0.25, 0.3) is 0 Å². The molecule has 2 aromatic rings. The molecule has 0 spiro atoms. The van der Waals surface area contributed by atoms with Gasteiger partial charge >= 0.3 is 0 Å². The van der Waals surface area contributed by atoms with E-state index in [1.807, 2.05) is 36.4 Å². The van der Waals surface area contributed by atoms with E-state index in [0.717, 1.165) is 27.7 Å². The van der Waals surface area contributed by atoms with Crippen LogP contribution < -0.4 is 10.6 Å². The first kappa shape index (κ1) is 18.2. The standard InChI is InChI=1S/C19H20BrN3O/c1-2-18(15-5-7-16(20)8-6-15)22-13-19(24)23-17-9-3-14(4-10-17)11-12-21/h3-10,18,22H,2,11,13H2,1H3,(H,23,24)/t18-/m1/s1. The number of nitriles is 1. The van der Waals surface area contributed by atoms with Crippen molar-refractivity contribution in [1.29, 1.82) is 5.26 Å². The molecule has 2 aromatic carbocycles. The fourth-order valence-corrected chi connectivity index (χ4v) is 2.68. The average Bonchev–Trinajstić information content (AvgIpc) is 2.59. The van der Waals surface area contributed by atoms with Gasteiger partial charge in [-0.05, 0) is 41.8 Å². The van der Waals surface area contributed by atoms with Crippen LogP contribution >= 0.6 is 15.9 Å². The first-order valence-electron chi connectivity index (χ1n) is 7.87. The smallest absolute Gasteiger partial charge is 0.238 e. The van der Waals surface area contributed by atoms with Crippen molar-refractivity contribution in [2.24, 2.45) is 0 Å². The van der Waals surface area contributed by atoms with Gasteiger partial charge in [0.2, 0.25) is 5.91 Å². The normalized spacial score (nSPS) is 11.5. The number of amides is 1. The molecule has 5 heteroatoms. The van der Waals surface area contributed by atoms with E-state index in [0.29, 0.717) is 6.42 Å². The zero-order valence-electron chi connectivity index (χ0n) is 13.6. The highest BCUT2D eigenvalue weighted by atomic mass is 79.9. The molecule has 0 heterocycles. The summed E-state index contributed by atoms with van der Waals surface area (Å²) in [6.45, 7) is 2.33. The minimum Gasteiger partial charge on any atom is -0.325 e. The molecule has 2 rings (SSSR count). The lowest BCUT2D eigenvalue weighted by molar-refractivity contribution is -0.115. The minimum atomic E-state index is -0.0846. The first-order chi connectivity index (χ1) is 11.6. The SMILES string of the molecule is CC[C@@H](NCC(=O)Nc1ccc(CC#N)cc1)c1ccc(Br)cc1. The molecule has 0 aliphatic heterocycles. The monoisotopic (exact) mass is 385 g/mol. The number of hydrogen-bond acceptors (Lipinski definition) is 3. The average molecular weight is 386 g/mol. The van der Waals surface area contributed by atoms with Crippen LogP contribution in [0.2, 0.25) is 0 Å². The van der Waals surface area contributed by atoms with Crippen LogP contribution in [-0.4, -0.2) is 12.5 Å². The maximum Gasteiger partial charge on any atom is 0.238 e. The lowest BCUT2D eigenvalue weighted by Gasteiger charge is -2.17. The van der Waals surface area contributed by atoms with Gasteiger partial charge in [-0.25, -0.2) is 0 Å². The van der Waals surface area contributed by atoms with Gasteiger partial charge in [0.25, 0.3) is 0 Å². The number of anilines is 1. The number of hydrogen-bond donors (Lipinski definition) is 2. The van der Waals surface area contributed by atoms with Crippen molar-refractivity contribution in [3.05, 3.63) is 64.1 Å². The molecule has 1 amide bonds. The molecule has 0 fully saturated rings. The Labute approximate surface area is 151 Å². The largest absolute Gasteiger partial charge is 0.325 e. The van der Waals surface area contributed by atoms with Crippen molar-refractivity contribution in [2.75, 3.05) is 11.9 Å². The van der Waals surface area contributed by atoms with Crippen molar-refractivity contribution in [2.45, 2.75) is 25.8 Å². The summed E-state index contributed by atoms with van der Waals surface area (Å²) < 4.78 is 1.04. The number of carbonyl (C=O) groups excluding carboxylic acids is 1. The van der Waals surface area contributed by atoms with E-state index < -0.39 is 0 Å². The van der Waals surface area contributed by atoms with Gasteiger partial charge in [0, 0.05) is 16.2 Å². The van der Waals surface area contributed by atoms with Crippen molar-refractivity contribution in [3.63, 3.8) is 0 Å². The quantitative estimate of drug-likeness (QED) is 0.750. The number of benzene rings is 2. The van der Waals surface area contributed by atoms with E-state index in [4.69, 9.17) is 5.26 Å². The van der Waals surface area contributed by atoms with E-state index in [1.165, 1.54) is 0 Å². The number of halogens is 1. The lowest BCUT2D eigenvalue weighted by Crippen LogP contribution is -2.31. The molecular weight excluding hydrogens is 366 g/mol. The summed E-state index contributed by atoms with van der Waals surface area (Å²) in [5.74, 6) is -0.0846. The van der Waals surface area contributed by atoms with Crippen LogP contribution in [0, 0.1) is 11.3 Å². The predicted molar refractivity (Wildman–Crippen MR) is 99.6 cm³/mol. The topological polar surface area (TPSA) is 64.9 Å². The number of nitrogens with zero attached hydrogens (tertiary/aromatic N) is 1. The molecule has 124 valence electrons. The molecule has 0 aliphatic rings. The molecule has 2 N–H and O–H groups in total. The third kappa shape index (κ3) is 5.48. The zero-order valence-corrected chi connectivity index (χ0v) is 15.1. The summed E-state index contributed by atoms with van der Waals surface area (Å²) >= 11 is 3.43. The fraction of sp³-hybridized carbons (Fsp3) is 0.263. The van der Waals surface area contributed by atoms with Crippen molar-refractivity contribution >= 4 is 27.5 Å². The molecule has 1 atom stereocenters. The van der Waals surface area contributed by atoms with Crippen LogP contribution in [-0.2, 0) is 11.2 Å². The van der Waals surface area contributed by atoms with E-state index in [-0.39, 0.29) is 18.5 Å². The summed E-state index contributed by atoms with van der Waals surface area (Å²) in [5.41, 5.74) is 2.84. The van der Waals surface area contributed by atoms with Crippen molar-refractivity contribution < 1.29 is 4.79 Å². The maximum atomic E-state index is 12.1. The van der Waals surface area contributed by atoms with Crippen molar-refractivity contribution in [3.8, 4) is 6.07 Å². The number of nitrogens with one attached hydrogen (secondary N) is 2. The first-order valence-corrected chi connectivity index (χ1v) is 8.66. The molecule has 0 radical (unpaired) electrons. The second-order valence-electron chi connectivity index (χ2n) is 5.47. The van der Waals surface area contributed by atoms with Crippen LogP contribution in [0.15, 0.2) is 53.0 Å². The molecule has 0 aromatic heterocycles. The van der Waals surface area contributed by atoms with Gasteiger partial charge in [0.15, 0.2) is 0 Å². The van der Waals surface area contributed by atoms with Gasteiger partial charge in [0.1, 0.15) is 0 Å².